The molecule has 1 fully saturated rings. The molecule has 1 aliphatic carbocycles. The van der Waals surface area contributed by atoms with Crippen LogP contribution in [-0.4, -0.2) is 46.6 Å². The predicted molar refractivity (Wildman–Crippen MR) is 153 cm³/mol. The average Bonchev–Trinajstić information content (AvgIpc) is 3.01. The molecule has 0 bridgehead atoms. The second-order valence-electron chi connectivity index (χ2n) is 9.69. The lowest BCUT2D eigenvalue weighted by Gasteiger charge is -2.28. The summed E-state index contributed by atoms with van der Waals surface area (Å²) in [6.45, 7) is 2.13. The van der Waals surface area contributed by atoms with Gasteiger partial charge in [0.2, 0.25) is 0 Å². The molecule has 42 heavy (non-hydrogen) atoms. The van der Waals surface area contributed by atoms with Crippen molar-refractivity contribution in [2.24, 2.45) is 5.92 Å². The highest BCUT2D eigenvalue weighted by Crippen LogP contribution is 2.32. The molecule has 0 spiro atoms. The van der Waals surface area contributed by atoms with Gasteiger partial charge in [0.05, 0.1) is 12.5 Å². The van der Waals surface area contributed by atoms with Crippen LogP contribution in [0.25, 0.3) is 0 Å². The fourth-order valence-corrected chi connectivity index (χ4v) is 4.60. The summed E-state index contributed by atoms with van der Waals surface area (Å²) >= 11 is 0. The maximum Gasteiger partial charge on any atom is 0.308 e. The number of nitrogens with one attached hydrogen (secondary N) is 5. The lowest BCUT2D eigenvalue weighted by atomic mass is 9.86. The molecule has 12 heteroatoms. The molecule has 0 aliphatic heterocycles. The Morgan fingerprint density at radius 1 is 0.738 bits per heavy atom. The number of carbonyl (C=O) groups excluding carboxylic acids is 2. The number of hydrogen-bond acceptors (Lipinski definition) is 9. The van der Waals surface area contributed by atoms with Crippen LogP contribution in [0.15, 0.2) is 66.7 Å². The third-order valence-corrected chi connectivity index (χ3v) is 6.81. The molecular weight excluding hydrogens is 542 g/mol. The number of rotatable bonds is 10. The molecular formula is C30H33N5O7. The van der Waals surface area contributed by atoms with Crippen LogP contribution in [0.2, 0.25) is 0 Å². The van der Waals surface area contributed by atoms with E-state index in [2.05, 4.69) is 5.32 Å². The SMILES string of the molecule is CCOC(=O)C1CCC(NC(=O)c2cc(Oc3ccc(C(=N)NO)cc3)cc(Oc3ccc(C(=N)NO)cc3)c2)CC1. The van der Waals surface area contributed by atoms with E-state index >= 15 is 0 Å². The Bertz CT molecular complexity index is 1340. The van der Waals surface area contributed by atoms with E-state index < -0.39 is 0 Å². The van der Waals surface area contributed by atoms with Crippen LogP contribution in [0.5, 0.6) is 23.0 Å². The first-order valence-corrected chi connectivity index (χ1v) is 13.5. The predicted octanol–water partition coefficient (Wildman–Crippen LogP) is 4.73. The Hall–Kier alpha value is -4.94. The number of amides is 1. The van der Waals surface area contributed by atoms with Crippen molar-refractivity contribution in [2.75, 3.05) is 6.61 Å². The minimum absolute atomic E-state index is 0.0943. The van der Waals surface area contributed by atoms with Gasteiger partial charge in [0.15, 0.2) is 0 Å². The summed E-state index contributed by atoms with van der Waals surface area (Å²) in [5.41, 5.74) is 4.79. The van der Waals surface area contributed by atoms with Gasteiger partial charge in [-0.3, -0.25) is 41.8 Å². The summed E-state index contributed by atoms with van der Waals surface area (Å²) in [5.74, 6) is 0.538. The van der Waals surface area contributed by atoms with E-state index in [9.17, 15) is 9.59 Å². The van der Waals surface area contributed by atoms with Crippen molar-refractivity contribution < 1.29 is 34.2 Å². The number of hydrogen-bond donors (Lipinski definition) is 7. The molecule has 0 atom stereocenters. The third-order valence-electron chi connectivity index (χ3n) is 6.81. The molecule has 3 aromatic rings. The highest BCUT2D eigenvalue weighted by Gasteiger charge is 2.28. The van der Waals surface area contributed by atoms with Crippen molar-refractivity contribution in [2.45, 2.75) is 38.6 Å². The Morgan fingerprint density at radius 2 is 1.21 bits per heavy atom. The van der Waals surface area contributed by atoms with Crippen molar-refractivity contribution in [1.82, 2.24) is 16.3 Å². The molecule has 0 unspecified atom stereocenters. The van der Waals surface area contributed by atoms with Crippen molar-refractivity contribution in [3.63, 3.8) is 0 Å². The molecule has 12 nitrogen and oxygen atoms in total. The van der Waals surface area contributed by atoms with Crippen LogP contribution in [0.3, 0.4) is 0 Å². The summed E-state index contributed by atoms with van der Waals surface area (Å²) in [6, 6.07) is 17.6. The summed E-state index contributed by atoms with van der Waals surface area (Å²) in [4.78, 5) is 25.4. The topological polar surface area (TPSA) is 186 Å². The second-order valence-corrected chi connectivity index (χ2v) is 9.69. The monoisotopic (exact) mass is 575 g/mol. The van der Waals surface area contributed by atoms with E-state index in [-0.39, 0.29) is 35.5 Å². The van der Waals surface area contributed by atoms with E-state index in [1.807, 2.05) is 0 Å². The largest absolute Gasteiger partial charge is 0.466 e. The third kappa shape index (κ3) is 7.83. The van der Waals surface area contributed by atoms with Crippen LogP contribution in [0.4, 0.5) is 0 Å². The van der Waals surface area contributed by atoms with Crippen LogP contribution in [0.1, 0.15) is 54.1 Å². The maximum absolute atomic E-state index is 13.3. The lowest BCUT2D eigenvalue weighted by molar-refractivity contribution is -0.149. The van der Waals surface area contributed by atoms with Gasteiger partial charge in [-0.25, -0.2) is 0 Å². The number of carbonyl (C=O) groups is 2. The molecule has 1 saturated carbocycles. The Morgan fingerprint density at radius 3 is 1.64 bits per heavy atom. The smallest absolute Gasteiger partial charge is 0.308 e. The van der Waals surface area contributed by atoms with Crippen LogP contribution < -0.4 is 25.8 Å². The molecule has 0 saturated heterocycles. The number of esters is 1. The van der Waals surface area contributed by atoms with E-state index in [0.717, 1.165) is 0 Å². The van der Waals surface area contributed by atoms with Crippen LogP contribution in [-0.2, 0) is 9.53 Å². The summed E-state index contributed by atoms with van der Waals surface area (Å²) in [7, 11) is 0. The van der Waals surface area contributed by atoms with E-state index in [1.165, 1.54) is 0 Å². The fourth-order valence-electron chi connectivity index (χ4n) is 4.60. The zero-order valence-electron chi connectivity index (χ0n) is 23.0. The van der Waals surface area contributed by atoms with Gasteiger partial charge >= 0.3 is 5.97 Å². The summed E-state index contributed by atoms with van der Waals surface area (Å²) in [6.07, 6.45) is 2.59. The van der Waals surface area contributed by atoms with E-state index in [1.54, 1.807) is 84.6 Å². The van der Waals surface area contributed by atoms with Gasteiger partial charge in [-0.05, 0) is 93.3 Å². The molecule has 0 radical (unpaired) electrons. The average molecular weight is 576 g/mol. The van der Waals surface area contributed by atoms with Gasteiger partial charge in [-0.2, -0.15) is 0 Å². The highest BCUT2D eigenvalue weighted by atomic mass is 16.5. The molecule has 7 N–H and O–H groups in total. The minimum atomic E-state index is -0.319. The lowest BCUT2D eigenvalue weighted by Crippen LogP contribution is -2.39. The molecule has 1 amide bonds. The van der Waals surface area contributed by atoms with Crippen molar-refractivity contribution in [3.8, 4) is 23.0 Å². The summed E-state index contributed by atoms with van der Waals surface area (Å²) < 4.78 is 17.1. The van der Waals surface area contributed by atoms with E-state index in [4.69, 9.17) is 35.4 Å². The zero-order chi connectivity index (χ0) is 30.1. The molecule has 0 aromatic heterocycles. The van der Waals surface area contributed by atoms with E-state index in [0.29, 0.717) is 72.0 Å². The number of benzene rings is 3. The Kier molecular flexibility index (Phi) is 10.1. The first-order chi connectivity index (χ1) is 20.3. The zero-order valence-corrected chi connectivity index (χ0v) is 23.0. The molecule has 3 aromatic carbocycles. The molecule has 1 aliphatic rings. The van der Waals surface area contributed by atoms with Crippen LogP contribution in [0, 0.1) is 16.7 Å². The van der Waals surface area contributed by atoms with Gasteiger partial charge in [-0.15, -0.1) is 0 Å². The van der Waals surface area contributed by atoms with Gasteiger partial charge in [0, 0.05) is 28.8 Å². The first-order valence-electron chi connectivity index (χ1n) is 13.5. The van der Waals surface area contributed by atoms with Gasteiger partial charge in [-0.1, -0.05) is 0 Å². The molecule has 220 valence electrons. The van der Waals surface area contributed by atoms with Crippen molar-refractivity contribution in [3.05, 3.63) is 83.4 Å². The number of amidine groups is 2. The maximum atomic E-state index is 13.3. The molecule has 4 rings (SSSR count). The normalized spacial score (nSPS) is 16.1. The van der Waals surface area contributed by atoms with Crippen LogP contribution >= 0.6 is 0 Å². The van der Waals surface area contributed by atoms with Crippen molar-refractivity contribution >= 4 is 23.5 Å². The quantitative estimate of drug-likeness (QED) is 0.0776. The Balaban J connectivity index is 1.53. The van der Waals surface area contributed by atoms with Gasteiger partial charge < -0.3 is 19.5 Å². The fraction of sp³-hybridized carbons (Fsp3) is 0.267. The van der Waals surface area contributed by atoms with Gasteiger partial charge in [0.1, 0.15) is 34.7 Å². The van der Waals surface area contributed by atoms with Gasteiger partial charge in [0.25, 0.3) is 5.91 Å². The standard InChI is InChI=1S/C30H33N5O7/c1-2-40-30(37)20-3-9-22(10-4-20)33-29(36)21-15-25(41-23-11-5-18(6-12-23)27(31)34-38)17-26(16-21)42-24-13-7-19(8-14-24)28(32)35-39/h5-8,11-17,20,22,38-39H,2-4,9-10H2,1H3,(H2,31,34)(H2,32,35)(H,33,36). The summed E-state index contributed by atoms with van der Waals surface area (Å²) in [5, 5.41) is 36.3. The highest BCUT2D eigenvalue weighted by molar-refractivity contribution is 5.96. The Labute approximate surface area is 242 Å². The number of ether oxygens (including phenoxy) is 3. The number of hydroxylamine groups is 2. The second kappa shape index (κ2) is 14.1. The van der Waals surface area contributed by atoms with Crippen molar-refractivity contribution in [1.29, 1.82) is 10.8 Å². The molecule has 0 heterocycles. The first kappa shape index (κ1) is 30.0. The minimum Gasteiger partial charge on any atom is -0.466 e.